The second-order valence-electron chi connectivity index (χ2n) is 9.66. The molecule has 1 aliphatic heterocycles. The van der Waals surface area contributed by atoms with Crippen LogP contribution in [0.3, 0.4) is 0 Å². The van der Waals surface area contributed by atoms with Crippen molar-refractivity contribution in [3.63, 3.8) is 0 Å². The van der Waals surface area contributed by atoms with Crippen LogP contribution >= 0.6 is 23.2 Å². The highest BCUT2D eigenvalue weighted by Gasteiger charge is 2.39. The van der Waals surface area contributed by atoms with E-state index >= 15 is 0 Å². The second-order valence-corrected chi connectivity index (χ2v) is 10.4. The fraction of sp³-hybridized carbons (Fsp3) is 0.242. The number of nitrogens with zero attached hydrogens (tertiary/aromatic N) is 1. The number of nitrogens with one attached hydrogen (secondary N) is 1. The summed E-state index contributed by atoms with van der Waals surface area (Å²) in [6, 6.07) is 17.4. The number of rotatable bonds is 11. The van der Waals surface area contributed by atoms with Gasteiger partial charge >= 0.3 is 11.9 Å². The van der Waals surface area contributed by atoms with Gasteiger partial charge in [0.25, 0.3) is 0 Å². The first-order valence-electron chi connectivity index (χ1n) is 13.4. The fourth-order valence-corrected chi connectivity index (χ4v) is 5.21. The van der Waals surface area contributed by atoms with E-state index in [-0.39, 0.29) is 29.4 Å². The van der Waals surface area contributed by atoms with Gasteiger partial charge in [-0.25, -0.2) is 9.59 Å². The van der Waals surface area contributed by atoms with Gasteiger partial charge in [0.05, 0.1) is 47.4 Å². The first-order valence-corrected chi connectivity index (χ1v) is 14.2. The minimum Gasteiger partial charge on any atom is -0.466 e. The maximum atomic E-state index is 13.3. The van der Waals surface area contributed by atoms with E-state index in [2.05, 4.69) is 40.6 Å². The quantitative estimate of drug-likeness (QED) is 0.193. The zero-order valence-electron chi connectivity index (χ0n) is 23.7. The molecule has 42 heavy (non-hydrogen) atoms. The number of hydrogen-bond donors (Lipinski definition) is 1. The molecular formula is C33H32Cl2N2O5. The SMILES string of the molecule is COC(=O)C1=C(C)NC(C)=C(C(=O)OCCOCC=Cc2ccc(Cc3cccnc3)cc2)C1c1cccc(Cl)c1Cl. The van der Waals surface area contributed by atoms with Crippen LogP contribution in [0.4, 0.5) is 0 Å². The molecular weight excluding hydrogens is 575 g/mol. The summed E-state index contributed by atoms with van der Waals surface area (Å²) in [5.41, 5.74) is 5.53. The molecule has 4 rings (SSSR count). The van der Waals surface area contributed by atoms with Crippen molar-refractivity contribution in [1.82, 2.24) is 10.3 Å². The predicted octanol–water partition coefficient (Wildman–Crippen LogP) is 6.66. The number of hydrogen-bond acceptors (Lipinski definition) is 7. The molecule has 0 bridgehead atoms. The Morgan fingerprint density at radius 1 is 0.929 bits per heavy atom. The van der Waals surface area contributed by atoms with Crippen molar-refractivity contribution in [3.05, 3.63) is 128 Å². The van der Waals surface area contributed by atoms with E-state index in [4.69, 9.17) is 37.4 Å². The van der Waals surface area contributed by atoms with Crippen molar-refractivity contribution in [2.45, 2.75) is 26.2 Å². The molecule has 9 heteroatoms. The van der Waals surface area contributed by atoms with E-state index in [1.807, 2.05) is 24.4 Å². The van der Waals surface area contributed by atoms with E-state index in [1.165, 1.54) is 18.2 Å². The Bertz CT molecular complexity index is 1520. The maximum absolute atomic E-state index is 13.3. The Morgan fingerprint density at radius 3 is 2.36 bits per heavy atom. The third-order valence-corrected chi connectivity index (χ3v) is 7.61. The van der Waals surface area contributed by atoms with E-state index in [1.54, 1.807) is 38.2 Å². The molecule has 2 heterocycles. The number of benzene rings is 2. The number of esters is 2. The van der Waals surface area contributed by atoms with Crippen LogP contribution in [0.1, 0.15) is 42.0 Å². The van der Waals surface area contributed by atoms with Gasteiger partial charge in [-0.1, -0.05) is 77.8 Å². The Balaban J connectivity index is 1.33. The summed E-state index contributed by atoms with van der Waals surface area (Å²) in [7, 11) is 1.28. The lowest BCUT2D eigenvalue weighted by atomic mass is 9.80. The zero-order chi connectivity index (χ0) is 30.1. The van der Waals surface area contributed by atoms with Crippen LogP contribution < -0.4 is 5.32 Å². The van der Waals surface area contributed by atoms with Gasteiger partial charge in [0, 0.05) is 23.8 Å². The van der Waals surface area contributed by atoms with Gasteiger partial charge in [-0.3, -0.25) is 4.98 Å². The number of carbonyl (C=O) groups is 2. The molecule has 0 saturated heterocycles. The normalized spacial score (nSPS) is 15.1. The highest BCUT2D eigenvalue weighted by molar-refractivity contribution is 6.42. The molecule has 218 valence electrons. The third kappa shape index (κ3) is 7.68. The van der Waals surface area contributed by atoms with E-state index in [0.29, 0.717) is 28.6 Å². The molecule has 0 saturated carbocycles. The predicted molar refractivity (Wildman–Crippen MR) is 164 cm³/mol. The van der Waals surface area contributed by atoms with Crippen molar-refractivity contribution in [2.24, 2.45) is 0 Å². The Kier molecular flexibility index (Phi) is 11.0. The van der Waals surface area contributed by atoms with Crippen LogP contribution in [-0.2, 0) is 30.2 Å². The largest absolute Gasteiger partial charge is 0.466 e. The minimum absolute atomic E-state index is 0.0265. The van der Waals surface area contributed by atoms with Crippen LogP contribution in [0, 0.1) is 0 Å². The number of carbonyl (C=O) groups excluding carboxylic acids is 2. The number of halogens is 2. The number of dihydropyridines is 1. The first-order chi connectivity index (χ1) is 20.3. The number of aromatic nitrogens is 1. The van der Waals surface area contributed by atoms with Crippen LogP contribution in [0.5, 0.6) is 0 Å². The van der Waals surface area contributed by atoms with Gasteiger partial charge in [-0.05, 0) is 54.7 Å². The molecule has 1 N–H and O–H groups in total. The van der Waals surface area contributed by atoms with Gasteiger partial charge in [0.1, 0.15) is 6.61 Å². The summed E-state index contributed by atoms with van der Waals surface area (Å²) in [5.74, 6) is -2.01. The average molecular weight is 608 g/mol. The monoisotopic (exact) mass is 606 g/mol. The lowest BCUT2D eigenvalue weighted by Crippen LogP contribution is -2.32. The fourth-order valence-electron chi connectivity index (χ4n) is 4.79. The molecule has 7 nitrogen and oxygen atoms in total. The van der Waals surface area contributed by atoms with Crippen LogP contribution in [-0.4, -0.2) is 43.9 Å². The molecule has 1 aliphatic rings. The molecule has 2 aromatic carbocycles. The van der Waals surface area contributed by atoms with Crippen molar-refractivity contribution in [2.75, 3.05) is 26.9 Å². The molecule has 0 amide bonds. The standard InChI is InChI=1S/C33H32Cl2N2O5/c1-21-28(32(38)40-3)30(26-9-4-10-27(34)31(26)35)29(22(2)37-21)33(39)42-18-17-41-16-6-8-23-11-13-24(14-12-23)19-25-7-5-15-36-20-25/h4-15,20,30,37H,16-19H2,1-3H3. The highest BCUT2D eigenvalue weighted by Crippen LogP contribution is 2.43. The average Bonchev–Trinajstić information content (AvgIpc) is 2.98. The van der Waals surface area contributed by atoms with Crippen LogP contribution in [0.15, 0.2) is 95.6 Å². The summed E-state index contributed by atoms with van der Waals surface area (Å²) in [4.78, 5) is 30.3. The van der Waals surface area contributed by atoms with Crippen molar-refractivity contribution in [1.29, 1.82) is 0 Å². The van der Waals surface area contributed by atoms with E-state index in [0.717, 1.165) is 12.0 Å². The zero-order valence-corrected chi connectivity index (χ0v) is 25.2. The molecule has 0 aliphatic carbocycles. The molecule has 1 atom stereocenters. The molecule has 1 aromatic heterocycles. The molecule has 3 aromatic rings. The van der Waals surface area contributed by atoms with Gasteiger partial charge in [0.2, 0.25) is 0 Å². The number of pyridine rings is 1. The number of methoxy groups -OCH3 is 1. The highest BCUT2D eigenvalue weighted by atomic mass is 35.5. The summed E-state index contributed by atoms with van der Waals surface area (Å²) in [5, 5.41) is 3.65. The topological polar surface area (TPSA) is 86.8 Å². The van der Waals surface area contributed by atoms with Gasteiger partial charge < -0.3 is 19.5 Å². The van der Waals surface area contributed by atoms with Crippen LogP contribution in [0.25, 0.3) is 6.08 Å². The van der Waals surface area contributed by atoms with Crippen molar-refractivity contribution in [3.8, 4) is 0 Å². The molecule has 1 unspecified atom stereocenters. The summed E-state index contributed by atoms with van der Waals surface area (Å²) in [6.07, 6.45) is 8.36. The van der Waals surface area contributed by atoms with Gasteiger partial charge in [-0.2, -0.15) is 0 Å². The number of allylic oxidation sites excluding steroid dienone is 2. The Labute approximate surface area is 255 Å². The lowest BCUT2D eigenvalue weighted by Gasteiger charge is -2.30. The second kappa shape index (κ2) is 14.8. The Hall–Kier alpha value is -3.91. The maximum Gasteiger partial charge on any atom is 0.336 e. The van der Waals surface area contributed by atoms with Gasteiger partial charge in [0.15, 0.2) is 0 Å². The van der Waals surface area contributed by atoms with Crippen molar-refractivity contribution >= 4 is 41.2 Å². The Morgan fingerprint density at radius 2 is 1.67 bits per heavy atom. The first kappa shape index (κ1) is 31.0. The molecule has 0 spiro atoms. The minimum atomic E-state index is -0.822. The van der Waals surface area contributed by atoms with E-state index < -0.39 is 17.9 Å². The number of ether oxygens (including phenoxy) is 3. The molecule has 0 fully saturated rings. The van der Waals surface area contributed by atoms with Crippen LogP contribution in [0.2, 0.25) is 10.0 Å². The smallest absolute Gasteiger partial charge is 0.336 e. The van der Waals surface area contributed by atoms with E-state index in [9.17, 15) is 9.59 Å². The van der Waals surface area contributed by atoms with Crippen molar-refractivity contribution < 1.29 is 23.8 Å². The lowest BCUT2D eigenvalue weighted by molar-refractivity contribution is -0.140. The molecule has 0 radical (unpaired) electrons. The third-order valence-electron chi connectivity index (χ3n) is 6.77. The summed E-state index contributed by atoms with van der Waals surface area (Å²) >= 11 is 12.8. The van der Waals surface area contributed by atoms with Gasteiger partial charge in [-0.15, -0.1) is 0 Å². The summed E-state index contributed by atoms with van der Waals surface area (Å²) in [6.45, 7) is 4.06. The summed E-state index contributed by atoms with van der Waals surface area (Å²) < 4.78 is 16.2.